The SMILES string of the molecule is Cc1ccc(CN2CC(C(=O)N(CCC(=O)O)C3CCOCC3)CC2=O)cc1. The lowest BCUT2D eigenvalue weighted by atomic mass is 10.0. The highest BCUT2D eigenvalue weighted by Gasteiger charge is 2.38. The van der Waals surface area contributed by atoms with E-state index in [0.29, 0.717) is 39.1 Å². The molecule has 3 rings (SSSR count). The number of rotatable bonds is 7. The van der Waals surface area contributed by atoms with E-state index in [2.05, 4.69) is 0 Å². The Morgan fingerprint density at radius 1 is 1.21 bits per heavy atom. The van der Waals surface area contributed by atoms with Gasteiger partial charge in [-0.05, 0) is 25.3 Å². The Balaban J connectivity index is 1.65. The van der Waals surface area contributed by atoms with Crippen LogP contribution in [0.3, 0.4) is 0 Å². The third kappa shape index (κ3) is 5.10. The summed E-state index contributed by atoms with van der Waals surface area (Å²) in [5, 5.41) is 9.05. The topological polar surface area (TPSA) is 87.2 Å². The van der Waals surface area contributed by atoms with E-state index >= 15 is 0 Å². The van der Waals surface area contributed by atoms with Crippen molar-refractivity contribution in [2.45, 2.75) is 45.2 Å². The second-order valence-electron chi connectivity index (χ2n) is 7.68. The van der Waals surface area contributed by atoms with E-state index in [9.17, 15) is 14.4 Å². The van der Waals surface area contributed by atoms with Crippen molar-refractivity contribution in [3.05, 3.63) is 35.4 Å². The molecular weight excluding hydrogens is 360 g/mol. The Morgan fingerprint density at radius 2 is 1.89 bits per heavy atom. The molecular formula is C21H28N2O5. The summed E-state index contributed by atoms with van der Waals surface area (Å²) in [6.07, 6.45) is 1.52. The third-order valence-corrected chi connectivity index (χ3v) is 5.54. The van der Waals surface area contributed by atoms with Gasteiger partial charge in [-0.1, -0.05) is 29.8 Å². The van der Waals surface area contributed by atoms with Gasteiger partial charge in [-0.25, -0.2) is 0 Å². The zero-order valence-corrected chi connectivity index (χ0v) is 16.3. The predicted octanol–water partition coefficient (Wildman–Crippen LogP) is 1.83. The Morgan fingerprint density at radius 3 is 2.54 bits per heavy atom. The van der Waals surface area contributed by atoms with Gasteiger partial charge in [0.1, 0.15) is 0 Å². The van der Waals surface area contributed by atoms with Crippen LogP contribution in [0.25, 0.3) is 0 Å². The number of hydrogen-bond donors (Lipinski definition) is 1. The molecule has 2 aliphatic heterocycles. The number of aryl methyl sites for hydroxylation is 1. The molecule has 7 nitrogen and oxygen atoms in total. The van der Waals surface area contributed by atoms with Gasteiger partial charge in [0.05, 0.1) is 12.3 Å². The van der Waals surface area contributed by atoms with Crippen molar-refractivity contribution in [2.24, 2.45) is 5.92 Å². The van der Waals surface area contributed by atoms with E-state index < -0.39 is 11.9 Å². The van der Waals surface area contributed by atoms with Gasteiger partial charge in [0.15, 0.2) is 0 Å². The van der Waals surface area contributed by atoms with Crippen LogP contribution >= 0.6 is 0 Å². The number of ether oxygens (including phenoxy) is 1. The quantitative estimate of drug-likeness (QED) is 0.770. The van der Waals surface area contributed by atoms with Crippen molar-refractivity contribution in [3.63, 3.8) is 0 Å². The Labute approximate surface area is 165 Å². The fourth-order valence-electron chi connectivity index (χ4n) is 3.92. The van der Waals surface area contributed by atoms with E-state index in [1.165, 1.54) is 0 Å². The number of carbonyl (C=O) groups excluding carboxylic acids is 2. The molecule has 0 radical (unpaired) electrons. The Bertz CT molecular complexity index is 712. The van der Waals surface area contributed by atoms with Gasteiger partial charge in [0, 0.05) is 45.3 Å². The molecule has 0 spiro atoms. The first-order valence-corrected chi connectivity index (χ1v) is 9.87. The molecule has 1 N–H and O–H groups in total. The summed E-state index contributed by atoms with van der Waals surface area (Å²) >= 11 is 0. The van der Waals surface area contributed by atoms with Gasteiger partial charge < -0.3 is 19.6 Å². The van der Waals surface area contributed by atoms with Crippen molar-refractivity contribution in [1.29, 1.82) is 0 Å². The van der Waals surface area contributed by atoms with Crippen LogP contribution in [0.4, 0.5) is 0 Å². The number of carboxylic acids is 1. The van der Waals surface area contributed by atoms with Crippen LogP contribution in [-0.2, 0) is 25.7 Å². The van der Waals surface area contributed by atoms with Crippen LogP contribution in [0.2, 0.25) is 0 Å². The second-order valence-corrected chi connectivity index (χ2v) is 7.68. The average Bonchev–Trinajstić information content (AvgIpc) is 3.05. The first-order chi connectivity index (χ1) is 13.4. The smallest absolute Gasteiger partial charge is 0.305 e. The number of carbonyl (C=O) groups is 3. The van der Waals surface area contributed by atoms with E-state index in [4.69, 9.17) is 9.84 Å². The highest BCUT2D eigenvalue weighted by molar-refractivity contribution is 5.89. The summed E-state index contributed by atoms with van der Waals surface area (Å²) in [7, 11) is 0. The van der Waals surface area contributed by atoms with Gasteiger partial charge in [-0.2, -0.15) is 0 Å². The normalized spacial score (nSPS) is 20.4. The van der Waals surface area contributed by atoms with Crippen LogP contribution in [0.5, 0.6) is 0 Å². The standard InChI is InChI=1S/C21H28N2O5/c1-15-2-4-16(5-3-15)13-22-14-17(12-19(22)24)21(27)23(9-6-20(25)26)18-7-10-28-11-8-18/h2-5,17-18H,6-14H2,1H3,(H,25,26). The number of nitrogens with zero attached hydrogens (tertiary/aromatic N) is 2. The molecule has 1 atom stereocenters. The maximum atomic E-state index is 13.2. The molecule has 0 bridgehead atoms. The molecule has 28 heavy (non-hydrogen) atoms. The van der Waals surface area contributed by atoms with Crippen molar-refractivity contribution in [3.8, 4) is 0 Å². The fourth-order valence-corrected chi connectivity index (χ4v) is 3.92. The van der Waals surface area contributed by atoms with Gasteiger partial charge in [-0.15, -0.1) is 0 Å². The van der Waals surface area contributed by atoms with Gasteiger partial charge >= 0.3 is 5.97 Å². The Hall–Kier alpha value is -2.41. The van der Waals surface area contributed by atoms with Crippen LogP contribution in [0, 0.1) is 12.8 Å². The molecule has 0 aliphatic carbocycles. The molecule has 1 aromatic carbocycles. The van der Waals surface area contributed by atoms with E-state index in [-0.39, 0.29) is 37.2 Å². The monoisotopic (exact) mass is 388 g/mol. The number of amides is 2. The summed E-state index contributed by atoms with van der Waals surface area (Å²) < 4.78 is 5.37. The van der Waals surface area contributed by atoms with Gasteiger partial charge in [0.2, 0.25) is 11.8 Å². The molecule has 2 saturated heterocycles. The highest BCUT2D eigenvalue weighted by Crippen LogP contribution is 2.25. The summed E-state index contributed by atoms with van der Waals surface area (Å²) in [5.74, 6) is -1.46. The van der Waals surface area contributed by atoms with Crippen LogP contribution in [0.1, 0.15) is 36.8 Å². The molecule has 0 saturated carbocycles. The molecule has 1 aromatic rings. The molecule has 2 fully saturated rings. The summed E-state index contributed by atoms with van der Waals surface area (Å²) in [6, 6.07) is 8.01. The summed E-state index contributed by atoms with van der Waals surface area (Å²) in [4.78, 5) is 40.1. The first-order valence-electron chi connectivity index (χ1n) is 9.87. The van der Waals surface area contributed by atoms with E-state index in [1.54, 1.807) is 9.80 Å². The molecule has 2 aliphatic rings. The number of benzene rings is 1. The zero-order valence-electron chi connectivity index (χ0n) is 16.3. The summed E-state index contributed by atoms with van der Waals surface area (Å²) in [6.45, 7) is 4.23. The molecule has 0 aromatic heterocycles. The van der Waals surface area contributed by atoms with Crippen LogP contribution in [0.15, 0.2) is 24.3 Å². The maximum Gasteiger partial charge on any atom is 0.305 e. The van der Waals surface area contributed by atoms with Gasteiger partial charge in [-0.3, -0.25) is 14.4 Å². The lowest BCUT2D eigenvalue weighted by molar-refractivity contribution is -0.142. The van der Waals surface area contributed by atoms with Crippen LogP contribution in [-0.4, -0.2) is 65.0 Å². The van der Waals surface area contributed by atoms with Crippen LogP contribution < -0.4 is 0 Å². The predicted molar refractivity (Wildman–Crippen MR) is 103 cm³/mol. The van der Waals surface area contributed by atoms with E-state index in [1.807, 2.05) is 31.2 Å². The molecule has 7 heteroatoms. The zero-order chi connectivity index (χ0) is 20.1. The minimum absolute atomic E-state index is 0.0122. The number of aliphatic carboxylic acids is 1. The maximum absolute atomic E-state index is 13.2. The molecule has 2 heterocycles. The summed E-state index contributed by atoms with van der Waals surface area (Å²) in [5.41, 5.74) is 2.20. The van der Waals surface area contributed by atoms with Crippen molar-refractivity contribution in [2.75, 3.05) is 26.3 Å². The lowest BCUT2D eigenvalue weighted by Crippen LogP contribution is -2.47. The molecule has 2 amide bonds. The van der Waals surface area contributed by atoms with Crippen molar-refractivity contribution < 1.29 is 24.2 Å². The Kier molecular flexibility index (Phi) is 6.67. The molecule has 152 valence electrons. The highest BCUT2D eigenvalue weighted by atomic mass is 16.5. The second kappa shape index (κ2) is 9.19. The molecule has 1 unspecified atom stereocenters. The minimum atomic E-state index is -0.923. The van der Waals surface area contributed by atoms with Crippen molar-refractivity contribution >= 4 is 17.8 Å². The average molecular weight is 388 g/mol. The largest absolute Gasteiger partial charge is 0.481 e. The number of likely N-dealkylation sites (tertiary alicyclic amines) is 1. The van der Waals surface area contributed by atoms with Crippen molar-refractivity contribution in [1.82, 2.24) is 9.80 Å². The van der Waals surface area contributed by atoms with Gasteiger partial charge in [0.25, 0.3) is 0 Å². The first kappa shape index (κ1) is 20.3. The third-order valence-electron chi connectivity index (χ3n) is 5.54. The number of carboxylic acid groups (broad SMARTS) is 1. The van der Waals surface area contributed by atoms with E-state index in [0.717, 1.165) is 11.1 Å². The lowest BCUT2D eigenvalue weighted by Gasteiger charge is -2.35. The fraction of sp³-hybridized carbons (Fsp3) is 0.571. The number of hydrogen-bond acceptors (Lipinski definition) is 4. The minimum Gasteiger partial charge on any atom is -0.481 e.